The van der Waals surface area contributed by atoms with Crippen molar-refractivity contribution in [3.8, 4) is 40.2 Å². The Hall–Kier alpha value is -13.9. The van der Waals surface area contributed by atoms with Gasteiger partial charge in [0.25, 0.3) is 17.5 Å². The Morgan fingerprint density at radius 3 is 1.11 bits per heavy atom. The first-order valence-electron chi connectivity index (χ1n) is 44.3. The van der Waals surface area contributed by atoms with Gasteiger partial charge in [-0.05, 0) is 192 Å². The van der Waals surface area contributed by atoms with Crippen LogP contribution in [0.5, 0.6) is 40.2 Å². The number of nitro groups is 1. The van der Waals surface area contributed by atoms with Gasteiger partial charge in [0.1, 0.15) is 95.6 Å². The third kappa shape index (κ3) is 23.5. The minimum atomic E-state index is -1.07. The van der Waals surface area contributed by atoms with E-state index in [-0.39, 0.29) is 76.0 Å². The molecule has 0 bridgehead atoms. The van der Waals surface area contributed by atoms with Gasteiger partial charge in [0.2, 0.25) is 5.76 Å². The van der Waals surface area contributed by atoms with Crippen LogP contribution in [0.1, 0.15) is 112 Å². The molecule has 6 heterocycles. The molecule has 12 aromatic carbocycles. The molecule has 29 heteroatoms. The molecule has 135 heavy (non-hydrogen) atoms. The molecule has 700 valence electrons. The molecule has 0 unspecified atom stereocenters. The van der Waals surface area contributed by atoms with E-state index < -0.39 is 22.6 Å². The molecule has 0 spiro atoms. The largest absolute Gasteiger partial charge is 0.519 e. The summed E-state index contributed by atoms with van der Waals surface area (Å²) in [6, 6.07) is 75.6. The number of carboxylic acid groups (broad SMARTS) is 1. The van der Waals surface area contributed by atoms with Crippen molar-refractivity contribution in [1.29, 1.82) is 0 Å². The maximum atomic E-state index is 13.9. The topological polar surface area (TPSA) is 281 Å². The van der Waals surface area contributed by atoms with E-state index in [1.54, 1.807) is 69.3 Å². The zero-order valence-electron chi connectivity index (χ0n) is 76.9. The lowest BCUT2D eigenvalue weighted by molar-refractivity contribution is -0.384. The molecule has 15 aromatic rings. The van der Waals surface area contributed by atoms with Gasteiger partial charge < -0.3 is 80.8 Å². The molecular formula is C106H106Cl3N7O19. The molecule has 18 rings (SSSR count). The molecular weight excluding hydrogens is 1780 g/mol. The first-order chi connectivity index (χ1) is 65.2. The van der Waals surface area contributed by atoms with Crippen molar-refractivity contribution < 1.29 is 85.1 Å². The highest BCUT2D eigenvalue weighted by atomic mass is 35.5. The fourth-order valence-electron chi connectivity index (χ4n) is 16.1. The second-order valence-electron chi connectivity index (χ2n) is 34.0. The highest BCUT2D eigenvalue weighted by Crippen LogP contribution is 2.50. The molecule has 0 radical (unpaired) electrons. The fourth-order valence-corrected chi connectivity index (χ4v) is 16.8. The van der Waals surface area contributed by atoms with E-state index in [1.165, 1.54) is 30.3 Å². The summed E-state index contributed by atoms with van der Waals surface area (Å²) in [6.45, 7) is 15.9. The summed E-state index contributed by atoms with van der Waals surface area (Å²) in [5.74, 6) is 3.53. The number of hydrogen-bond donors (Lipinski definition) is 1. The summed E-state index contributed by atoms with van der Waals surface area (Å²) in [6.07, 6.45) is -1.40. The van der Waals surface area contributed by atoms with E-state index in [9.17, 15) is 34.1 Å². The first-order valence-corrected chi connectivity index (χ1v) is 45.9. The van der Waals surface area contributed by atoms with E-state index in [1.807, 2.05) is 226 Å². The number of non-ortho nitro benzene ring substituents is 1. The van der Waals surface area contributed by atoms with Crippen molar-refractivity contribution in [2.45, 2.75) is 71.2 Å². The number of rotatable bonds is 27. The summed E-state index contributed by atoms with van der Waals surface area (Å²) < 4.78 is 63.5. The number of aromatic carboxylic acids is 1. The van der Waals surface area contributed by atoms with Crippen LogP contribution in [0.15, 0.2) is 262 Å². The lowest BCUT2D eigenvalue weighted by Gasteiger charge is -2.25. The Kier molecular flexibility index (Phi) is 31.9. The van der Waals surface area contributed by atoms with Crippen LogP contribution < -0.4 is 47.9 Å². The normalized spacial score (nSPS) is 14.1. The van der Waals surface area contributed by atoms with Gasteiger partial charge >= 0.3 is 18.2 Å². The SMILES string of the molecule is CC.CC(C)(C)OC(=O)N1C[C@@H](CCl)c2c1cc(OCc1ccccc1)c1ccccc21.CN(C)CCOc1ccc2oc(C(=O)N3C[C@@H](CCl)c4c3cc(OC(=O)Oc3ccc([N+](=O)[O-])cc3)c3ccccc43)cc2c1.CN(C)CCOc1ccc2oc(C(=O)N3C[C@@H](CCl)c4c3cc(OCc3ccccc3)c3ccccc43)cc2c1.CN(C)CCOc1ccc2oc(C(=O)O)cc2c1. The van der Waals surface area contributed by atoms with Crippen LogP contribution in [0.4, 0.5) is 32.3 Å². The van der Waals surface area contributed by atoms with Gasteiger partial charge in [-0.3, -0.25) is 24.6 Å². The number of ether oxygens (including phenoxy) is 8. The number of furan rings is 3. The van der Waals surface area contributed by atoms with Crippen molar-refractivity contribution in [3.63, 3.8) is 0 Å². The highest BCUT2D eigenvalue weighted by Gasteiger charge is 2.41. The number of carbonyl (C=O) groups is 5. The summed E-state index contributed by atoms with van der Waals surface area (Å²) >= 11 is 19.2. The molecule has 0 fully saturated rings. The predicted octanol–water partition coefficient (Wildman–Crippen LogP) is 23.7. The number of hydrogen-bond acceptors (Lipinski definition) is 21. The van der Waals surface area contributed by atoms with Gasteiger partial charge in [-0.25, -0.2) is 14.4 Å². The lowest BCUT2D eigenvalue weighted by Crippen LogP contribution is -2.36. The molecule has 1 N–H and O–H groups in total. The van der Waals surface area contributed by atoms with E-state index >= 15 is 0 Å². The molecule has 3 amide bonds. The van der Waals surface area contributed by atoms with E-state index in [4.69, 9.17) is 91.1 Å². The summed E-state index contributed by atoms with van der Waals surface area (Å²) in [4.78, 5) is 85.9. The average molecular weight is 1890 g/mol. The smallest absolute Gasteiger partial charge is 0.492 e. The number of anilines is 3. The average Bonchev–Trinajstić information content (AvgIpc) is 1.61. The van der Waals surface area contributed by atoms with Crippen LogP contribution in [-0.2, 0) is 18.0 Å². The van der Waals surface area contributed by atoms with Gasteiger partial charge in [0.15, 0.2) is 11.5 Å². The van der Waals surface area contributed by atoms with Gasteiger partial charge in [-0.2, -0.15) is 0 Å². The summed E-state index contributed by atoms with van der Waals surface area (Å²) in [7, 11) is 11.9. The van der Waals surface area contributed by atoms with E-state index in [0.717, 1.165) is 119 Å². The Bertz CT molecular complexity index is 6740. The molecule has 0 saturated heterocycles. The number of benzene rings is 12. The Morgan fingerprint density at radius 2 is 0.748 bits per heavy atom. The molecule has 3 aromatic heterocycles. The van der Waals surface area contributed by atoms with Crippen molar-refractivity contribution >= 4 is 153 Å². The van der Waals surface area contributed by atoms with Gasteiger partial charge in [0, 0.05) is 137 Å². The molecule has 3 atom stereocenters. The number of halogens is 3. The number of likely N-dealkylation sites (N-methyl/N-ethyl adjacent to an activating group) is 3. The van der Waals surface area contributed by atoms with Crippen molar-refractivity contribution in [2.24, 2.45) is 0 Å². The van der Waals surface area contributed by atoms with E-state index in [2.05, 4.69) is 29.2 Å². The first kappa shape index (κ1) is 97.2. The second kappa shape index (κ2) is 44.3. The van der Waals surface area contributed by atoms with Crippen LogP contribution in [0.3, 0.4) is 0 Å². The second-order valence-corrected chi connectivity index (χ2v) is 34.9. The van der Waals surface area contributed by atoms with Gasteiger partial charge in [-0.1, -0.05) is 147 Å². The molecule has 0 aliphatic carbocycles. The third-order valence-electron chi connectivity index (χ3n) is 22.5. The fraction of sp³-hybridized carbons (Fsp3) is 0.274. The maximum Gasteiger partial charge on any atom is 0.519 e. The molecule has 26 nitrogen and oxygen atoms in total. The summed E-state index contributed by atoms with van der Waals surface area (Å²) in [5, 5.41) is 27.6. The van der Waals surface area contributed by atoms with E-state index in [0.29, 0.717) is 104 Å². The number of alkyl halides is 3. The Balaban J connectivity index is 0.000000149. The zero-order chi connectivity index (χ0) is 95.7. The van der Waals surface area contributed by atoms with Gasteiger partial charge in [0.05, 0.1) is 22.0 Å². The number of amides is 3. The van der Waals surface area contributed by atoms with Crippen molar-refractivity contribution in [2.75, 3.05) is 134 Å². The number of nitrogens with zero attached hydrogens (tertiary/aromatic N) is 7. The highest BCUT2D eigenvalue weighted by molar-refractivity contribution is 6.21. The minimum Gasteiger partial charge on any atom is -0.492 e. The number of nitro benzene ring substituents is 1. The van der Waals surface area contributed by atoms with Crippen LogP contribution in [0, 0.1) is 10.1 Å². The van der Waals surface area contributed by atoms with Crippen LogP contribution in [0.25, 0.3) is 65.2 Å². The number of carbonyl (C=O) groups excluding carboxylic acids is 4. The zero-order valence-corrected chi connectivity index (χ0v) is 79.1. The van der Waals surface area contributed by atoms with Gasteiger partial charge in [-0.15, -0.1) is 34.8 Å². The maximum absolute atomic E-state index is 13.9. The quantitative estimate of drug-likeness (QED) is 0.0165. The number of fused-ring (bicyclic) bond motifs is 12. The Labute approximate surface area is 796 Å². The van der Waals surface area contributed by atoms with Crippen LogP contribution in [0.2, 0.25) is 0 Å². The van der Waals surface area contributed by atoms with Crippen LogP contribution >= 0.6 is 34.8 Å². The molecule has 0 saturated carbocycles. The molecule has 3 aliphatic heterocycles. The number of carboxylic acids is 1. The Morgan fingerprint density at radius 1 is 0.415 bits per heavy atom. The minimum absolute atomic E-state index is 0.00484. The third-order valence-corrected chi connectivity index (χ3v) is 23.6. The van der Waals surface area contributed by atoms with Crippen molar-refractivity contribution in [3.05, 3.63) is 304 Å². The standard InChI is InChI=1S/C33H28ClN3O8.C33H31ClN2O4.C25H26ClNO3.C13H15NO4.C2H6/c1-35(2)13-14-42-24-11-12-28-20(15-24)16-30(44-28)32(38)36-19-21(18-34)31-26-6-4-3-5-25(26)29(17-27(31)36)45-33(39)43-23-9-7-22(8-10-23)37(40)41;1-35(2)14-15-38-25-12-13-29-23(16-25)17-31(40-29)33(37)36-20-24(19-34)32-27-11-7-6-10-26(27)30(18-28(32)36)39-21-22-8-4-3-5-9-22;1-25(2,3)30-24(28)27-15-18(14-26)23-20-12-8-7-11-19(20)22(13-21(23)27)29-16-17-9-5-4-6-10-17;1-14(2)5-6-17-10-3-4-11-9(7-10)8-12(18-11)13(15)16;1-2/h3-12,15-17,21H,13-14,18-19H2,1-2H3;3-13,16-18,24H,14-15,19-21H2,1-2H3;4-13,18H,14-16H2,1-3H3;3-4,7-8H,5-6H2,1-2H3,(H,15,16);1-2H3/t21-;24-;18-;;/m111../s1. The molecule has 3 aliphatic rings. The lowest BCUT2D eigenvalue weighted by atomic mass is 9.95. The summed E-state index contributed by atoms with van der Waals surface area (Å²) in [5.41, 5.74) is 8.36. The monoisotopic (exact) mass is 1890 g/mol. The van der Waals surface area contributed by atoms with Crippen LogP contribution in [-0.4, -0.2) is 179 Å². The predicted molar refractivity (Wildman–Crippen MR) is 530 cm³/mol. The van der Waals surface area contributed by atoms with Crippen molar-refractivity contribution in [1.82, 2.24) is 14.7 Å².